The Morgan fingerprint density at radius 3 is 2.58 bits per heavy atom. The zero-order valence-corrected chi connectivity index (χ0v) is 21.1. The minimum absolute atomic E-state index is 0.135. The molecule has 1 aliphatic heterocycles. The summed E-state index contributed by atoms with van der Waals surface area (Å²) in [5.41, 5.74) is 1.89. The first-order valence-corrected chi connectivity index (χ1v) is 12.1. The minimum Gasteiger partial charge on any atom is -0.493 e. The highest BCUT2D eigenvalue weighted by Crippen LogP contribution is 2.35. The molecule has 2 amide bonds. The van der Waals surface area contributed by atoms with Gasteiger partial charge in [-0.3, -0.25) is 14.5 Å². The van der Waals surface area contributed by atoms with E-state index in [2.05, 4.69) is 0 Å². The van der Waals surface area contributed by atoms with Gasteiger partial charge in [-0.15, -0.1) is 0 Å². The standard InChI is InChI=1S/C27H22ClNO6S/c1-17-6-5-7-19(14-17)34-13-12-29-25(30)24(36-27(29)32)16-18-10-11-22(23(15-18)33-2)35-26(31)20-8-3-4-9-21(20)28/h3-11,14-16H,12-13H2,1-2H3/b24-16-. The molecule has 1 saturated heterocycles. The number of hydrogen-bond donors (Lipinski definition) is 0. The minimum atomic E-state index is -0.624. The van der Waals surface area contributed by atoms with Gasteiger partial charge < -0.3 is 14.2 Å². The monoisotopic (exact) mass is 523 g/mol. The second kappa shape index (κ2) is 11.3. The van der Waals surface area contributed by atoms with Crippen LogP contribution in [0.4, 0.5) is 4.79 Å². The van der Waals surface area contributed by atoms with Crippen LogP contribution in [-0.4, -0.2) is 42.3 Å². The SMILES string of the molecule is COc1cc(/C=C2\SC(=O)N(CCOc3cccc(C)c3)C2=O)ccc1OC(=O)c1ccccc1Cl. The fourth-order valence-electron chi connectivity index (χ4n) is 3.44. The predicted octanol–water partition coefficient (Wildman–Crippen LogP) is 5.99. The Hall–Kier alpha value is -3.75. The van der Waals surface area contributed by atoms with E-state index in [1.54, 1.807) is 48.5 Å². The van der Waals surface area contributed by atoms with Crippen LogP contribution in [0.2, 0.25) is 5.02 Å². The summed E-state index contributed by atoms with van der Waals surface area (Å²) in [6, 6.07) is 18.9. The van der Waals surface area contributed by atoms with Crippen LogP contribution >= 0.6 is 23.4 Å². The second-order valence-electron chi connectivity index (χ2n) is 7.78. The topological polar surface area (TPSA) is 82.1 Å². The first-order valence-electron chi connectivity index (χ1n) is 11.0. The predicted molar refractivity (Wildman–Crippen MR) is 139 cm³/mol. The lowest BCUT2D eigenvalue weighted by Gasteiger charge is -2.13. The van der Waals surface area contributed by atoms with Crippen molar-refractivity contribution in [3.05, 3.63) is 93.3 Å². The number of esters is 1. The second-order valence-corrected chi connectivity index (χ2v) is 9.18. The van der Waals surface area contributed by atoms with Gasteiger partial charge in [-0.2, -0.15) is 0 Å². The number of halogens is 1. The average Bonchev–Trinajstić information content (AvgIpc) is 3.12. The lowest BCUT2D eigenvalue weighted by molar-refractivity contribution is -0.123. The molecule has 1 heterocycles. The van der Waals surface area contributed by atoms with E-state index in [0.717, 1.165) is 22.2 Å². The van der Waals surface area contributed by atoms with Crippen molar-refractivity contribution in [1.82, 2.24) is 4.90 Å². The molecule has 4 rings (SSSR count). The number of carbonyl (C=O) groups excluding carboxylic acids is 3. The van der Waals surface area contributed by atoms with Gasteiger partial charge in [0, 0.05) is 0 Å². The molecule has 184 valence electrons. The molecule has 0 aliphatic carbocycles. The molecule has 0 bridgehead atoms. The smallest absolute Gasteiger partial charge is 0.345 e. The largest absolute Gasteiger partial charge is 0.493 e. The zero-order valence-electron chi connectivity index (χ0n) is 19.5. The molecule has 36 heavy (non-hydrogen) atoms. The molecule has 0 N–H and O–H groups in total. The van der Waals surface area contributed by atoms with Gasteiger partial charge in [0.2, 0.25) is 0 Å². The van der Waals surface area contributed by atoms with E-state index in [0.29, 0.717) is 11.3 Å². The van der Waals surface area contributed by atoms with Crippen LogP contribution in [-0.2, 0) is 4.79 Å². The Balaban J connectivity index is 1.43. The molecule has 1 fully saturated rings. The Kier molecular flexibility index (Phi) is 7.97. The summed E-state index contributed by atoms with van der Waals surface area (Å²) in [5, 5.41) is -0.0885. The molecular formula is C27H22ClNO6S. The number of benzene rings is 3. The van der Waals surface area contributed by atoms with Crippen molar-refractivity contribution >= 4 is 46.6 Å². The number of rotatable bonds is 8. The van der Waals surface area contributed by atoms with Crippen molar-refractivity contribution < 1.29 is 28.6 Å². The lowest BCUT2D eigenvalue weighted by Crippen LogP contribution is -2.32. The van der Waals surface area contributed by atoms with E-state index in [1.807, 2.05) is 31.2 Å². The van der Waals surface area contributed by atoms with Gasteiger partial charge in [-0.25, -0.2) is 4.79 Å². The Morgan fingerprint density at radius 1 is 1.03 bits per heavy atom. The third-order valence-electron chi connectivity index (χ3n) is 5.23. The summed E-state index contributed by atoms with van der Waals surface area (Å²) >= 11 is 6.93. The normalized spacial score (nSPS) is 14.3. The summed E-state index contributed by atoms with van der Waals surface area (Å²) in [6.07, 6.45) is 1.59. The first kappa shape index (κ1) is 25.3. The number of methoxy groups -OCH3 is 1. The highest BCUT2D eigenvalue weighted by molar-refractivity contribution is 8.18. The number of aryl methyl sites for hydroxylation is 1. The van der Waals surface area contributed by atoms with E-state index in [9.17, 15) is 14.4 Å². The van der Waals surface area contributed by atoms with Crippen molar-refractivity contribution in [3.63, 3.8) is 0 Å². The molecule has 0 aromatic heterocycles. The Labute approximate surface area is 217 Å². The number of carbonyl (C=O) groups is 3. The van der Waals surface area contributed by atoms with E-state index >= 15 is 0 Å². The maximum Gasteiger partial charge on any atom is 0.345 e. The van der Waals surface area contributed by atoms with Crippen molar-refractivity contribution in [1.29, 1.82) is 0 Å². The lowest BCUT2D eigenvalue weighted by atomic mass is 10.1. The van der Waals surface area contributed by atoms with Gasteiger partial charge in [-0.05, 0) is 72.3 Å². The van der Waals surface area contributed by atoms with Gasteiger partial charge in [0.25, 0.3) is 11.1 Å². The maximum absolute atomic E-state index is 12.8. The van der Waals surface area contributed by atoms with E-state index in [1.165, 1.54) is 7.11 Å². The molecule has 0 spiro atoms. The molecule has 0 radical (unpaired) electrons. The summed E-state index contributed by atoms with van der Waals surface area (Å²) in [7, 11) is 1.44. The third kappa shape index (κ3) is 5.90. The van der Waals surface area contributed by atoms with E-state index in [4.69, 9.17) is 25.8 Å². The highest BCUT2D eigenvalue weighted by Gasteiger charge is 2.34. The van der Waals surface area contributed by atoms with Crippen molar-refractivity contribution in [2.75, 3.05) is 20.3 Å². The molecule has 0 atom stereocenters. The summed E-state index contributed by atoms with van der Waals surface area (Å²) in [5.74, 6) is 0.141. The molecule has 3 aromatic rings. The molecule has 0 saturated carbocycles. The molecular weight excluding hydrogens is 502 g/mol. The Bertz CT molecular complexity index is 1360. The van der Waals surface area contributed by atoms with E-state index in [-0.39, 0.29) is 45.4 Å². The van der Waals surface area contributed by atoms with Gasteiger partial charge in [-0.1, -0.05) is 41.9 Å². The van der Waals surface area contributed by atoms with Crippen molar-refractivity contribution in [2.45, 2.75) is 6.92 Å². The molecule has 0 unspecified atom stereocenters. The van der Waals surface area contributed by atoms with Crippen LogP contribution in [0.25, 0.3) is 6.08 Å². The number of amides is 2. The van der Waals surface area contributed by atoms with Gasteiger partial charge in [0.1, 0.15) is 12.4 Å². The first-order chi connectivity index (χ1) is 17.4. The molecule has 9 heteroatoms. The molecule has 7 nitrogen and oxygen atoms in total. The number of nitrogens with zero attached hydrogens (tertiary/aromatic N) is 1. The summed E-state index contributed by atoms with van der Waals surface area (Å²) in [4.78, 5) is 39.2. The number of hydrogen-bond acceptors (Lipinski definition) is 7. The number of thioether (sulfide) groups is 1. The zero-order chi connectivity index (χ0) is 25.7. The fourth-order valence-corrected chi connectivity index (χ4v) is 4.52. The van der Waals surface area contributed by atoms with Gasteiger partial charge in [0.15, 0.2) is 11.5 Å². The Morgan fingerprint density at radius 2 is 1.83 bits per heavy atom. The summed E-state index contributed by atoms with van der Waals surface area (Å²) < 4.78 is 16.5. The van der Waals surface area contributed by atoms with Crippen LogP contribution in [0, 0.1) is 6.92 Å². The average molecular weight is 524 g/mol. The molecule has 1 aliphatic rings. The maximum atomic E-state index is 12.8. The van der Waals surface area contributed by atoms with Crippen LogP contribution < -0.4 is 14.2 Å². The van der Waals surface area contributed by atoms with Crippen LogP contribution in [0.5, 0.6) is 17.2 Å². The van der Waals surface area contributed by atoms with E-state index < -0.39 is 11.9 Å². The van der Waals surface area contributed by atoms with Crippen LogP contribution in [0.1, 0.15) is 21.5 Å². The third-order valence-corrected chi connectivity index (χ3v) is 6.47. The van der Waals surface area contributed by atoms with Crippen molar-refractivity contribution in [2.24, 2.45) is 0 Å². The van der Waals surface area contributed by atoms with Gasteiger partial charge in [0.05, 0.1) is 29.1 Å². The van der Waals surface area contributed by atoms with Crippen LogP contribution in [0.15, 0.2) is 71.6 Å². The van der Waals surface area contributed by atoms with Crippen LogP contribution in [0.3, 0.4) is 0 Å². The summed E-state index contributed by atoms with van der Waals surface area (Å²) in [6.45, 7) is 2.28. The fraction of sp³-hybridized carbons (Fsp3) is 0.148. The quantitative estimate of drug-likeness (QED) is 0.204. The van der Waals surface area contributed by atoms with Gasteiger partial charge >= 0.3 is 5.97 Å². The highest BCUT2D eigenvalue weighted by atomic mass is 35.5. The van der Waals surface area contributed by atoms with Crippen molar-refractivity contribution in [3.8, 4) is 17.2 Å². The number of imide groups is 1. The molecule has 3 aromatic carbocycles. The number of ether oxygens (including phenoxy) is 3.